The lowest BCUT2D eigenvalue weighted by Crippen LogP contribution is -2.40. The van der Waals surface area contributed by atoms with Gasteiger partial charge in [0.1, 0.15) is 10.6 Å². The maximum Gasteiger partial charge on any atom is 0.272 e. The molecule has 2 aromatic rings. The van der Waals surface area contributed by atoms with E-state index in [4.69, 9.17) is 16.3 Å². The van der Waals surface area contributed by atoms with E-state index in [2.05, 4.69) is 10.3 Å². The molecule has 3 rings (SSSR count). The summed E-state index contributed by atoms with van der Waals surface area (Å²) in [5, 5.41) is 3.32. The number of sulfonamides is 1. The Morgan fingerprint density at radius 3 is 2.68 bits per heavy atom. The van der Waals surface area contributed by atoms with Crippen molar-refractivity contribution in [3.8, 4) is 0 Å². The second kappa shape index (κ2) is 7.17. The van der Waals surface area contributed by atoms with Crippen molar-refractivity contribution in [3.63, 3.8) is 0 Å². The Morgan fingerprint density at radius 1 is 1.28 bits per heavy atom. The second-order valence-corrected chi connectivity index (χ2v) is 8.05. The molecule has 2 heterocycles. The molecule has 1 aliphatic rings. The SMILES string of the molecule is Cc1cc(Cl)ccc1NC(=O)c1cc(S(=O)(=O)N2CCOCC2)c[nH]1. The molecule has 0 unspecified atom stereocenters. The van der Waals surface area contributed by atoms with Gasteiger partial charge < -0.3 is 15.0 Å². The number of H-pyrrole nitrogens is 1. The number of aromatic amines is 1. The quantitative estimate of drug-likeness (QED) is 0.847. The topological polar surface area (TPSA) is 91.5 Å². The average molecular weight is 384 g/mol. The minimum atomic E-state index is -3.64. The zero-order valence-corrected chi connectivity index (χ0v) is 15.2. The van der Waals surface area contributed by atoms with E-state index in [-0.39, 0.29) is 10.6 Å². The molecule has 0 spiro atoms. The van der Waals surface area contributed by atoms with Crippen molar-refractivity contribution in [2.24, 2.45) is 0 Å². The van der Waals surface area contributed by atoms with Crippen molar-refractivity contribution in [2.45, 2.75) is 11.8 Å². The number of nitrogens with zero attached hydrogens (tertiary/aromatic N) is 1. The Morgan fingerprint density at radius 2 is 2.00 bits per heavy atom. The van der Waals surface area contributed by atoms with Gasteiger partial charge in [0.25, 0.3) is 5.91 Å². The van der Waals surface area contributed by atoms with Gasteiger partial charge in [0, 0.05) is 30.0 Å². The van der Waals surface area contributed by atoms with Crippen molar-refractivity contribution in [1.29, 1.82) is 0 Å². The lowest BCUT2D eigenvalue weighted by atomic mass is 10.2. The Kier molecular flexibility index (Phi) is 5.14. The summed E-state index contributed by atoms with van der Waals surface area (Å²) in [5.74, 6) is -0.422. The standard InChI is InChI=1S/C16H18ClN3O4S/c1-11-8-12(17)2-3-14(11)19-16(21)15-9-13(10-18-15)25(22,23)20-4-6-24-7-5-20/h2-3,8-10,18H,4-7H2,1H3,(H,19,21). The average Bonchev–Trinajstić information content (AvgIpc) is 3.09. The summed E-state index contributed by atoms with van der Waals surface area (Å²) in [6.07, 6.45) is 1.33. The van der Waals surface area contributed by atoms with Crippen LogP contribution < -0.4 is 5.32 Å². The molecule has 0 radical (unpaired) electrons. The molecule has 0 atom stereocenters. The number of benzene rings is 1. The summed E-state index contributed by atoms with van der Waals surface area (Å²) in [6, 6.07) is 6.45. The smallest absolute Gasteiger partial charge is 0.272 e. The first-order valence-corrected chi connectivity index (χ1v) is 9.53. The van der Waals surface area contributed by atoms with Crippen molar-refractivity contribution < 1.29 is 17.9 Å². The van der Waals surface area contributed by atoms with Crippen LogP contribution in [0, 0.1) is 6.92 Å². The van der Waals surface area contributed by atoms with Crippen LogP contribution in [-0.4, -0.2) is 49.9 Å². The number of rotatable bonds is 4. The van der Waals surface area contributed by atoms with Gasteiger partial charge in [-0.1, -0.05) is 11.6 Å². The monoisotopic (exact) mass is 383 g/mol. The van der Waals surface area contributed by atoms with Gasteiger partial charge in [-0.15, -0.1) is 0 Å². The minimum Gasteiger partial charge on any atom is -0.379 e. The van der Waals surface area contributed by atoms with Gasteiger partial charge in [0.2, 0.25) is 10.0 Å². The maximum atomic E-state index is 12.6. The van der Waals surface area contributed by atoms with Crippen LogP contribution in [0.25, 0.3) is 0 Å². The van der Waals surface area contributed by atoms with Gasteiger partial charge in [-0.05, 0) is 36.8 Å². The summed E-state index contributed by atoms with van der Waals surface area (Å²) in [6.45, 7) is 3.17. The molecule has 7 nitrogen and oxygen atoms in total. The van der Waals surface area contributed by atoms with E-state index in [0.717, 1.165) is 5.56 Å². The lowest BCUT2D eigenvalue weighted by Gasteiger charge is -2.25. The Bertz CT molecular complexity index is 889. The molecule has 1 aromatic carbocycles. The number of anilines is 1. The van der Waals surface area contributed by atoms with Crippen LogP contribution in [0.2, 0.25) is 5.02 Å². The van der Waals surface area contributed by atoms with Gasteiger partial charge in [-0.3, -0.25) is 4.79 Å². The third kappa shape index (κ3) is 3.87. The van der Waals surface area contributed by atoms with Gasteiger partial charge in [-0.25, -0.2) is 8.42 Å². The number of amides is 1. The van der Waals surface area contributed by atoms with E-state index in [1.165, 1.54) is 16.6 Å². The number of nitrogens with one attached hydrogen (secondary N) is 2. The summed E-state index contributed by atoms with van der Waals surface area (Å²) >= 11 is 5.90. The van der Waals surface area contributed by atoms with E-state index in [1.54, 1.807) is 18.2 Å². The van der Waals surface area contributed by atoms with Crippen LogP contribution in [0.3, 0.4) is 0 Å². The van der Waals surface area contributed by atoms with Crippen LogP contribution in [0.5, 0.6) is 0 Å². The third-order valence-electron chi connectivity index (χ3n) is 3.95. The summed E-state index contributed by atoms with van der Waals surface area (Å²) in [4.78, 5) is 15.2. The molecule has 0 saturated carbocycles. The van der Waals surface area contributed by atoms with Crippen molar-refractivity contribution in [3.05, 3.63) is 46.7 Å². The van der Waals surface area contributed by atoms with Crippen LogP contribution in [0.15, 0.2) is 35.4 Å². The summed E-state index contributed by atoms with van der Waals surface area (Å²) in [7, 11) is -3.64. The number of hydrogen-bond acceptors (Lipinski definition) is 4. The molecular weight excluding hydrogens is 366 g/mol. The Labute approximate surface area is 151 Å². The minimum absolute atomic E-state index is 0.0624. The summed E-state index contributed by atoms with van der Waals surface area (Å²) < 4.78 is 31.7. The fourth-order valence-corrected chi connectivity index (χ4v) is 4.18. The molecule has 1 amide bonds. The van der Waals surface area contributed by atoms with Crippen molar-refractivity contribution in [2.75, 3.05) is 31.6 Å². The number of morpholine rings is 1. The zero-order chi connectivity index (χ0) is 18.0. The highest BCUT2D eigenvalue weighted by molar-refractivity contribution is 7.89. The van der Waals surface area contributed by atoms with E-state index >= 15 is 0 Å². The highest BCUT2D eigenvalue weighted by Gasteiger charge is 2.28. The number of ether oxygens (including phenoxy) is 1. The van der Waals surface area contributed by atoms with Gasteiger partial charge in [0.05, 0.1) is 13.2 Å². The summed E-state index contributed by atoms with van der Waals surface area (Å²) in [5.41, 5.74) is 1.59. The van der Waals surface area contributed by atoms with Crippen LogP contribution in [0.1, 0.15) is 16.1 Å². The molecule has 1 fully saturated rings. The maximum absolute atomic E-state index is 12.6. The van der Waals surface area contributed by atoms with E-state index in [0.29, 0.717) is 37.0 Å². The van der Waals surface area contributed by atoms with Crippen molar-refractivity contribution >= 4 is 33.2 Å². The molecule has 1 saturated heterocycles. The Balaban J connectivity index is 1.77. The number of halogens is 1. The number of hydrogen-bond donors (Lipinski definition) is 2. The van der Waals surface area contributed by atoms with Crippen molar-refractivity contribution in [1.82, 2.24) is 9.29 Å². The van der Waals surface area contributed by atoms with E-state index in [9.17, 15) is 13.2 Å². The number of carbonyl (C=O) groups excluding carboxylic acids is 1. The third-order valence-corrected chi connectivity index (χ3v) is 6.06. The van der Waals surface area contributed by atoms with Crippen LogP contribution >= 0.6 is 11.6 Å². The van der Waals surface area contributed by atoms with Gasteiger partial charge in [-0.2, -0.15) is 4.31 Å². The normalized spacial score (nSPS) is 15.9. The molecule has 9 heteroatoms. The van der Waals surface area contributed by atoms with E-state index in [1.807, 2.05) is 6.92 Å². The zero-order valence-electron chi connectivity index (χ0n) is 13.6. The highest BCUT2D eigenvalue weighted by Crippen LogP contribution is 2.22. The van der Waals surface area contributed by atoms with Crippen LogP contribution in [-0.2, 0) is 14.8 Å². The van der Waals surface area contributed by atoms with Gasteiger partial charge >= 0.3 is 0 Å². The number of aromatic nitrogens is 1. The molecular formula is C16H18ClN3O4S. The first-order valence-electron chi connectivity index (χ1n) is 7.72. The molecule has 1 aliphatic heterocycles. The first kappa shape index (κ1) is 17.9. The van der Waals surface area contributed by atoms with E-state index < -0.39 is 15.9 Å². The Hall–Kier alpha value is -1.87. The molecule has 134 valence electrons. The number of aryl methyl sites for hydroxylation is 1. The van der Waals surface area contributed by atoms with Gasteiger partial charge in [0.15, 0.2) is 0 Å². The molecule has 2 N–H and O–H groups in total. The molecule has 0 aliphatic carbocycles. The fourth-order valence-electron chi connectivity index (χ4n) is 2.55. The largest absolute Gasteiger partial charge is 0.379 e. The highest BCUT2D eigenvalue weighted by atomic mass is 35.5. The second-order valence-electron chi connectivity index (χ2n) is 5.68. The lowest BCUT2D eigenvalue weighted by molar-refractivity contribution is 0.0730. The fraction of sp³-hybridized carbons (Fsp3) is 0.312. The van der Waals surface area contributed by atoms with Crippen LogP contribution in [0.4, 0.5) is 5.69 Å². The molecule has 1 aromatic heterocycles. The number of carbonyl (C=O) groups is 1. The molecule has 25 heavy (non-hydrogen) atoms. The first-order chi connectivity index (χ1) is 11.9. The predicted molar refractivity (Wildman–Crippen MR) is 94.5 cm³/mol. The predicted octanol–water partition coefficient (Wildman–Crippen LogP) is 2.25. The molecule has 0 bridgehead atoms.